The van der Waals surface area contributed by atoms with Crippen LogP contribution < -0.4 is 0 Å². The van der Waals surface area contributed by atoms with Gasteiger partial charge in [-0.1, -0.05) is 0 Å². The van der Waals surface area contributed by atoms with Crippen LogP contribution in [0.5, 0.6) is 0 Å². The molecule has 0 radical (unpaired) electrons. The SMILES string of the molecule is CC#N.O=C1C2=C(F)C(F)=C1C=C2. The predicted molar refractivity (Wildman–Crippen MR) is 41.7 cm³/mol. The first-order valence-corrected chi connectivity index (χ1v) is 3.47. The van der Waals surface area contributed by atoms with Crippen molar-refractivity contribution in [2.24, 2.45) is 0 Å². The van der Waals surface area contributed by atoms with Crippen LogP contribution in [-0.4, -0.2) is 5.78 Å². The Balaban J connectivity index is 0.000000251. The number of halogens is 2. The van der Waals surface area contributed by atoms with E-state index in [1.54, 1.807) is 6.07 Å². The molecule has 0 heterocycles. The van der Waals surface area contributed by atoms with E-state index in [4.69, 9.17) is 5.26 Å². The molecule has 2 aliphatic carbocycles. The molecule has 0 aromatic heterocycles. The zero-order chi connectivity index (χ0) is 10.0. The number of hydrogen-bond acceptors (Lipinski definition) is 2. The van der Waals surface area contributed by atoms with E-state index in [0.29, 0.717) is 0 Å². The number of Topliss-reactive ketones (excluding diaryl/α,β-unsaturated/α-hetero) is 1. The van der Waals surface area contributed by atoms with Crippen LogP contribution in [-0.2, 0) is 4.79 Å². The van der Waals surface area contributed by atoms with E-state index >= 15 is 0 Å². The van der Waals surface area contributed by atoms with Crippen molar-refractivity contribution in [3.05, 3.63) is 35.0 Å². The Morgan fingerprint density at radius 1 is 1.23 bits per heavy atom. The molecule has 0 saturated heterocycles. The lowest BCUT2D eigenvalue weighted by Crippen LogP contribution is -1.90. The van der Waals surface area contributed by atoms with E-state index in [1.807, 2.05) is 0 Å². The van der Waals surface area contributed by atoms with E-state index in [0.717, 1.165) is 0 Å². The van der Waals surface area contributed by atoms with E-state index in [-0.39, 0.29) is 11.1 Å². The van der Waals surface area contributed by atoms with E-state index < -0.39 is 17.4 Å². The number of ketones is 1. The molecule has 0 saturated carbocycles. The first-order chi connectivity index (χ1) is 6.13. The predicted octanol–water partition coefficient (Wildman–Crippen LogP) is 2.12. The van der Waals surface area contributed by atoms with Gasteiger partial charge in [0.05, 0.1) is 17.2 Å². The summed E-state index contributed by atoms with van der Waals surface area (Å²) >= 11 is 0. The summed E-state index contributed by atoms with van der Waals surface area (Å²) in [5.74, 6) is -2.56. The summed E-state index contributed by atoms with van der Waals surface area (Å²) in [6.07, 6.45) is 2.58. The number of fused-ring (bicyclic) bond motifs is 2. The standard InChI is InChI=1S/C7H2F2O.C2H3N/c8-5-3-1-2-4(6(5)9)7(3)10;1-2-3/h1-2H;1H3. The van der Waals surface area contributed by atoms with Gasteiger partial charge in [0.2, 0.25) is 0 Å². The average molecular weight is 181 g/mol. The summed E-state index contributed by atoms with van der Waals surface area (Å²) in [7, 11) is 0. The molecular formula is C9H5F2NO. The number of hydrogen-bond donors (Lipinski definition) is 0. The second kappa shape index (κ2) is 3.31. The number of nitrogens with zero attached hydrogens (tertiary/aromatic N) is 1. The van der Waals surface area contributed by atoms with Crippen molar-refractivity contribution in [1.82, 2.24) is 0 Å². The first-order valence-electron chi connectivity index (χ1n) is 3.47. The molecule has 66 valence electrons. The fourth-order valence-electron chi connectivity index (χ4n) is 1.05. The van der Waals surface area contributed by atoms with Crippen molar-refractivity contribution in [2.75, 3.05) is 0 Å². The number of carbonyl (C=O) groups is 1. The summed E-state index contributed by atoms with van der Waals surface area (Å²) < 4.78 is 24.9. The molecule has 0 aromatic carbocycles. The quantitative estimate of drug-likeness (QED) is 0.574. The highest BCUT2D eigenvalue weighted by molar-refractivity contribution is 6.19. The monoisotopic (exact) mass is 181 g/mol. The summed E-state index contributed by atoms with van der Waals surface area (Å²) in [5.41, 5.74) is -0.292. The number of rotatable bonds is 0. The molecule has 0 aliphatic heterocycles. The third-order valence-electron chi connectivity index (χ3n) is 1.57. The minimum absolute atomic E-state index is 0.146. The molecular weight excluding hydrogens is 176 g/mol. The van der Waals surface area contributed by atoms with Crippen molar-refractivity contribution in [2.45, 2.75) is 6.92 Å². The zero-order valence-corrected chi connectivity index (χ0v) is 6.77. The molecule has 0 N–H and O–H groups in total. The van der Waals surface area contributed by atoms with Crippen molar-refractivity contribution < 1.29 is 13.6 Å². The van der Waals surface area contributed by atoms with Gasteiger partial charge < -0.3 is 0 Å². The molecule has 0 aromatic rings. The minimum Gasteiger partial charge on any atom is -0.288 e. The second-order valence-corrected chi connectivity index (χ2v) is 2.34. The Labute approximate surface area is 73.5 Å². The van der Waals surface area contributed by atoms with Crippen molar-refractivity contribution in [3.8, 4) is 6.07 Å². The smallest absolute Gasteiger partial charge is 0.199 e. The van der Waals surface area contributed by atoms with Crippen LogP contribution in [0, 0.1) is 11.3 Å². The van der Waals surface area contributed by atoms with Crippen molar-refractivity contribution in [1.29, 1.82) is 5.26 Å². The van der Waals surface area contributed by atoms with Crippen LogP contribution in [0.1, 0.15) is 6.92 Å². The number of carbonyl (C=O) groups excluding carboxylic acids is 1. The fourth-order valence-corrected chi connectivity index (χ4v) is 1.05. The summed E-state index contributed by atoms with van der Waals surface area (Å²) in [6, 6.07) is 1.75. The topological polar surface area (TPSA) is 40.9 Å². The van der Waals surface area contributed by atoms with Crippen LogP contribution >= 0.6 is 0 Å². The Bertz CT molecular complexity index is 366. The van der Waals surface area contributed by atoms with E-state index in [2.05, 4.69) is 0 Å². The summed E-state index contributed by atoms with van der Waals surface area (Å²) in [4.78, 5) is 10.7. The van der Waals surface area contributed by atoms with Gasteiger partial charge >= 0.3 is 0 Å². The van der Waals surface area contributed by atoms with Gasteiger partial charge in [-0.05, 0) is 12.2 Å². The van der Waals surface area contributed by atoms with Gasteiger partial charge in [-0.15, -0.1) is 0 Å². The number of nitriles is 1. The highest BCUT2D eigenvalue weighted by Gasteiger charge is 2.34. The molecule has 0 unspecified atom stereocenters. The highest BCUT2D eigenvalue weighted by atomic mass is 19.2. The molecule has 2 bridgehead atoms. The second-order valence-electron chi connectivity index (χ2n) is 2.34. The van der Waals surface area contributed by atoms with Crippen molar-refractivity contribution >= 4 is 5.78 Å². The lowest BCUT2D eigenvalue weighted by Gasteiger charge is -1.89. The molecule has 2 nitrogen and oxygen atoms in total. The van der Waals surface area contributed by atoms with E-state index in [1.165, 1.54) is 19.1 Å². The van der Waals surface area contributed by atoms with Gasteiger partial charge in [-0.25, -0.2) is 8.78 Å². The van der Waals surface area contributed by atoms with Crippen LogP contribution in [0.2, 0.25) is 0 Å². The molecule has 4 heteroatoms. The van der Waals surface area contributed by atoms with Crippen LogP contribution in [0.15, 0.2) is 35.0 Å². The zero-order valence-electron chi connectivity index (χ0n) is 6.77. The molecule has 13 heavy (non-hydrogen) atoms. The summed E-state index contributed by atoms with van der Waals surface area (Å²) in [6.45, 7) is 1.43. The van der Waals surface area contributed by atoms with Crippen LogP contribution in [0.25, 0.3) is 0 Å². The molecule has 2 aliphatic rings. The number of allylic oxidation sites excluding steroid dienone is 6. The van der Waals surface area contributed by atoms with Crippen LogP contribution in [0.3, 0.4) is 0 Å². The highest BCUT2D eigenvalue weighted by Crippen LogP contribution is 2.37. The van der Waals surface area contributed by atoms with E-state index in [9.17, 15) is 13.6 Å². The van der Waals surface area contributed by atoms with Crippen molar-refractivity contribution in [3.63, 3.8) is 0 Å². The Hall–Kier alpha value is -1.76. The third-order valence-corrected chi connectivity index (χ3v) is 1.57. The van der Waals surface area contributed by atoms with Gasteiger partial charge in [0.1, 0.15) is 0 Å². The van der Waals surface area contributed by atoms with Crippen LogP contribution in [0.4, 0.5) is 8.78 Å². The van der Waals surface area contributed by atoms with Gasteiger partial charge in [0.15, 0.2) is 17.4 Å². The minimum atomic E-state index is -1.01. The lowest BCUT2D eigenvalue weighted by atomic mass is 10.2. The van der Waals surface area contributed by atoms with Gasteiger partial charge in [0.25, 0.3) is 0 Å². The molecule has 0 fully saturated rings. The third kappa shape index (κ3) is 1.29. The molecule has 2 rings (SSSR count). The van der Waals surface area contributed by atoms with Gasteiger partial charge in [-0.2, -0.15) is 5.26 Å². The Kier molecular flexibility index (Phi) is 2.38. The summed E-state index contributed by atoms with van der Waals surface area (Å²) in [5, 5.41) is 7.32. The maximum Gasteiger partial charge on any atom is 0.199 e. The normalized spacial score (nSPS) is 17.5. The van der Waals surface area contributed by atoms with Gasteiger partial charge in [-0.3, -0.25) is 4.79 Å². The molecule has 0 spiro atoms. The maximum absolute atomic E-state index is 12.4. The average Bonchev–Trinajstić information content (AvgIpc) is 2.53. The maximum atomic E-state index is 12.4. The van der Waals surface area contributed by atoms with Gasteiger partial charge in [0, 0.05) is 6.92 Å². The Morgan fingerprint density at radius 3 is 1.69 bits per heavy atom. The largest absolute Gasteiger partial charge is 0.288 e. The Morgan fingerprint density at radius 2 is 1.54 bits per heavy atom. The molecule has 0 amide bonds. The first kappa shape index (κ1) is 9.33. The molecule has 0 atom stereocenters. The fraction of sp³-hybridized carbons (Fsp3) is 0.111. The lowest BCUT2D eigenvalue weighted by molar-refractivity contribution is -0.111.